The number of halogens is 1. The van der Waals surface area contributed by atoms with Gasteiger partial charge in [0, 0.05) is 22.8 Å². The number of carbonyl (C=O) groups excluding carboxylic acids is 2. The molecule has 3 aromatic rings. The summed E-state index contributed by atoms with van der Waals surface area (Å²) in [5.74, 6) is -0.937. The molecule has 33 heavy (non-hydrogen) atoms. The third kappa shape index (κ3) is 6.79. The van der Waals surface area contributed by atoms with Gasteiger partial charge in [-0.15, -0.1) is 0 Å². The molecule has 3 aromatic carbocycles. The molecule has 0 atom stereocenters. The molecule has 0 fully saturated rings. The number of hydrogen-bond acceptors (Lipinski definition) is 5. The minimum Gasteiger partial charge on any atom is -0.495 e. The fourth-order valence-electron chi connectivity index (χ4n) is 2.88. The van der Waals surface area contributed by atoms with Crippen molar-refractivity contribution in [2.24, 2.45) is 0 Å². The van der Waals surface area contributed by atoms with E-state index in [0.717, 1.165) is 0 Å². The Labute approximate surface area is 197 Å². The molecular formula is C23H22ClN3O5S. The number of amides is 2. The molecule has 0 heterocycles. The topological polar surface area (TPSA) is 114 Å². The van der Waals surface area contributed by atoms with Gasteiger partial charge in [-0.3, -0.25) is 9.59 Å². The molecule has 0 spiro atoms. The van der Waals surface area contributed by atoms with Gasteiger partial charge in [0.1, 0.15) is 10.6 Å². The summed E-state index contributed by atoms with van der Waals surface area (Å²) in [6, 6.07) is 19.5. The van der Waals surface area contributed by atoms with Crippen molar-refractivity contribution in [3.05, 3.63) is 88.9 Å². The first-order valence-electron chi connectivity index (χ1n) is 9.84. The zero-order chi connectivity index (χ0) is 23.8. The fraction of sp³-hybridized carbons (Fsp3) is 0.130. The Balaban J connectivity index is 1.69. The van der Waals surface area contributed by atoms with Crippen LogP contribution in [0, 0.1) is 0 Å². The average molecular weight is 488 g/mol. The van der Waals surface area contributed by atoms with E-state index < -0.39 is 21.8 Å². The molecule has 0 saturated carbocycles. The second-order valence-electron chi connectivity index (χ2n) is 6.91. The summed E-state index contributed by atoms with van der Waals surface area (Å²) < 4.78 is 33.4. The smallest absolute Gasteiger partial charge is 0.251 e. The van der Waals surface area contributed by atoms with Gasteiger partial charge in [-0.25, -0.2) is 13.1 Å². The summed E-state index contributed by atoms with van der Waals surface area (Å²) in [5.41, 5.74) is 1.37. The van der Waals surface area contributed by atoms with Crippen LogP contribution in [0.3, 0.4) is 0 Å². The Morgan fingerprint density at radius 3 is 2.33 bits per heavy atom. The molecule has 0 aliphatic heterocycles. The lowest BCUT2D eigenvalue weighted by Crippen LogP contribution is -2.33. The number of methoxy groups -OCH3 is 1. The van der Waals surface area contributed by atoms with Crippen molar-refractivity contribution >= 4 is 39.1 Å². The number of rotatable bonds is 9. The quantitative estimate of drug-likeness (QED) is 0.429. The van der Waals surface area contributed by atoms with Gasteiger partial charge < -0.3 is 15.4 Å². The van der Waals surface area contributed by atoms with Crippen molar-refractivity contribution in [3.63, 3.8) is 0 Å². The number of hydrogen-bond donors (Lipinski definition) is 3. The number of nitrogens with one attached hydrogen (secondary N) is 3. The van der Waals surface area contributed by atoms with E-state index in [1.165, 1.54) is 25.3 Å². The van der Waals surface area contributed by atoms with Crippen LogP contribution in [0.4, 0.5) is 5.69 Å². The Kier molecular flexibility index (Phi) is 8.05. The van der Waals surface area contributed by atoms with E-state index in [2.05, 4.69) is 15.4 Å². The lowest BCUT2D eigenvalue weighted by molar-refractivity contribution is -0.115. The molecule has 0 aliphatic rings. The van der Waals surface area contributed by atoms with Crippen molar-refractivity contribution in [2.75, 3.05) is 19.0 Å². The Morgan fingerprint density at radius 1 is 0.970 bits per heavy atom. The van der Waals surface area contributed by atoms with E-state index in [4.69, 9.17) is 16.3 Å². The molecule has 172 valence electrons. The van der Waals surface area contributed by atoms with Gasteiger partial charge in [-0.2, -0.15) is 0 Å². The maximum atomic E-state index is 12.9. The van der Waals surface area contributed by atoms with E-state index in [1.807, 2.05) is 6.07 Å². The van der Waals surface area contributed by atoms with Crippen LogP contribution in [0.1, 0.15) is 15.9 Å². The predicted molar refractivity (Wildman–Crippen MR) is 126 cm³/mol. The summed E-state index contributed by atoms with van der Waals surface area (Å²) in [6.07, 6.45) is 0. The first-order chi connectivity index (χ1) is 15.8. The molecular weight excluding hydrogens is 466 g/mol. The van der Waals surface area contributed by atoms with E-state index in [9.17, 15) is 18.0 Å². The number of sulfonamides is 1. The predicted octanol–water partition coefficient (Wildman–Crippen LogP) is 3.20. The summed E-state index contributed by atoms with van der Waals surface area (Å²) in [5, 5.41) is 5.67. The van der Waals surface area contributed by atoms with Crippen LogP contribution in [0.15, 0.2) is 77.7 Å². The monoisotopic (exact) mass is 487 g/mol. The molecule has 3 N–H and O–H groups in total. The number of carbonyl (C=O) groups is 2. The van der Waals surface area contributed by atoms with Gasteiger partial charge in [0.05, 0.1) is 13.7 Å². The van der Waals surface area contributed by atoms with Crippen LogP contribution in [-0.4, -0.2) is 33.9 Å². The highest BCUT2D eigenvalue weighted by molar-refractivity contribution is 7.89. The van der Waals surface area contributed by atoms with Crippen LogP contribution in [-0.2, 0) is 21.4 Å². The molecule has 10 heteroatoms. The van der Waals surface area contributed by atoms with E-state index >= 15 is 0 Å². The van der Waals surface area contributed by atoms with Gasteiger partial charge in [0.25, 0.3) is 5.91 Å². The second kappa shape index (κ2) is 11.0. The van der Waals surface area contributed by atoms with Gasteiger partial charge in [0.15, 0.2) is 0 Å². The molecule has 0 aliphatic carbocycles. The van der Waals surface area contributed by atoms with Crippen molar-refractivity contribution in [1.82, 2.24) is 10.0 Å². The molecule has 0 bridgehead atoms. The van der Waals surface area contributed by atoms with Crippen LogP contribution in [0.25, 0.3) is 0 Å². The third-order valence-corrected chi connectivity index (χ3v) is 6.24. The summed E-state index contributed by atoms with van der Waals surface area (Å²) >= 11 is 5.85. The summed E-state index contributed by atoms with van der Waals surface area (Å²) in [4.78, 5) is 24.4. The summed E-state index contributed by atoms with van der Waals surface area (Å²) in [7, 11) is -2.67. The van der Waals surface area contributed by atoms with Crippen LogP contribution in [0.5, 0.6) is 5.75 Å². The molecule has 3 rings (SSSR count). The Hall–Kier alpha value is -3.40. The highest BCUT2D eigenvalue weighted by Crippen LogP contribution is 2.25. The summed E-state index contributed by atoms with van der Waals surface area (Å²) in [6.45, 7) is -0.255. The number of anilines is 1. The second-order valence-corrected chi connectivity index (χ2v) is 9.09. The first kappa shape index (κ1) is 24.2. The molecule has 0 unspecified atom stereocenters. The molecule has 2 amide bonds. The van der Waals surface area contributed by atoms with Gasteiger partial charge in [-0.1, -0.05) is 41.9 Å². The molecule has 0 radical (unpaired) electrons. The van der Waals surface area contributed by atoms with Gasteiger partial charge in [-0.05, 0) is 48.0 Å². The largest absolute Gasteiger partial charge is 0.495 e. The van der Waals surface area contributed by atoms with Gasteiger partial charge >= 0.3 is 0 Å². The Morgan fingerprint density at radius 2 is 1.67 bits per heavy atom. The highest BCUT2D eigenvalue weighted by Gasteiger charge is 2.22. The number of ether oxygens (including phenoxy) is 1. The standard InChI is InChI=1S/C23H22ClN3O5S/c1-32-20-12-9-17(23(29)25-15-22(28)27-19-5-3-2-4-6-19)13-21(20)33(30,31)26-14-16-7-10-18(24)11-8-16/h2-13,26H,14-15H2,1H3,(H,25,29)(H,27,28). The van der Waals surface area contributed by atoms with E-state index in [0.29, 0.717) is 16.3 Å². The average Bonchev–Trinajstić information content (AvgIpc) is 2.82. The molecule has 0 saturated heterocycles. The SMILES string of the molecule is COc1ccc(C(=O)NCC(=O)Nc2ccccc2)cc1S(=O)(=O)NCc1ccc(Cl)cc1. The van der Waals surface area contributed by atoms with Crippen molar-refractivity contribution < 1.29 is 22.7 Å². The molecule has 0 aromatic heterocycles. The third-order valence-electron chi connectivity index (χ3n) is 4.56. The van der Waals surface area contributed by atoms with Crippen LogP contribution < -0.4 is 20.1 Å². The highest BCUT2D eigenvalue weighted by atomic mass is 35.5. The zero-order valence-corrected chi connectivity index (χ0v) is 19.2. The number of para-hydroxylation sites is 1. The normalized spacial score (nSPS) is 11.0. The van der Waals surface area contributed by atoms with Crippen LogP contribution >= 0.6 is 11.6 Å². The van der Waals surface area contributed by atoms with E-state index in [1.54, 1.807) is 48.5 Å². The van der Waals surface area contributed by atoms with Crippen molar-refractivity contribution in [3.8, 4) is 5.75 Å². The van der Waals surface area contributed by atoms with Gasteiger partial charge in [0.2, 0.25) is 15.9 Å². The maximum Gasteiger partial charge on any atom is 0.251 e. The minimum absolute atomic E-state index is 0.0265. The number of benzene rings is 3. The fourth-order valence-corrected chi connectivity index (χ4v) is 4.21. The van der Waals surface area contributed by atoms with Crippen LogP contribution in [0.2, 0.25) is 5.02 Å². The lowest BCUT2D eigenvalue weighted by atomic mass is 10.2. The maximum absolute atomic E-state index is 12.9. The van der Waals surface area contributed by atoms with Crippen molar-refractivity contribution in [1.29, 1.82) is 0 Å². The van der Waals surface area contributed by atoms with E-state index in [-0.39, 0.29) is 29.3 Å². The van der Waals surface area contributed by atoms with Crippen molar-refractivity contribution in [2.45, 2.75) is 11.4 Å². The minimum atomic E-state index is -4.01. The first-order valence-corrected chi connectivity index (χ1v) is 11.7. The Bertz CT molecular complexity index is 1230. The lowest BCUT2D eigenvalue weighted by Gasteiger charge is -2.13. The molecule has 8 nitrogen and oxygen atoms in total. The zero-order valence-electron chi connectivity index (χ0n) is 17.7.